The van der Waals surface area contributed by atoms with Crippen molar-refractivity contribution in [2.45, 2.75) is 51.6 Å². The van der Waals surface area contributed by atoms with Gasteiger partial charge in [-0.2, -0.15) is 0 Å². The van der Waals surface area contributed by atoms with Crippen molar-refractivity contribution in [1.29, 1.82) is 0 Å². The molecular weight excluding hydrogens is 346 g/mol. The average molecular weight is 371 g/mol. The second-order valence-electron chi connectivity index (χ2n) is 8.80. The molecule has 1 aromatic rings. The van der Waals surface area contributed by atoms with E-state index in [9.17, 15) is 9.59 Å². The summed E-state index contributed by atoms with van der Waals surface area (Å²) < 4.78 is 16.3. The molecule has 6 nitrogen and oxygen atoms in total. The van der Waals surface area contributed by atoms with E-state index < -0.39 is 6.10 Å². The number of benzene rings is 1. The van der Waals surface area contributed by atoms with E-state index in [2.05, 4.69) is 5.32 Å². The van der Waals surface area contributed by atoms with Crippen molar-refractivity contribution in [2.75, 3.05) is 12.1 Å². The predicted octanol–water partition coefficient (Wildman–Crippen LogP) is 3.50. The maximum Gasteiger partial charge on any atom is 0.312 e. The molecule has 0 saturated heterocycles. The van der Waals surface area contributed by atoms with Gasteiger partial charge in [0.1, 0.15) is 0 Å². The lowest BCUT2D eigenvalue weighted by Crippen LogP contribution is -2.51. The highest BCUT2D eigenvalue weighted by molar-refractivity contribution is 5.95. The highest BCUT2D eigenvalue weighted by Crippen LogP contribution is 2.60. The molecule has 4 fully saturated rings. The van der Waals surface area contributed by atoms with E-state index in [0.29, 0.717) is 34.9 Å². The SMILES string of the molecule is C[C@H](OC(=O)C12CC3CC(CC(C3)C1)C2)C(=O)Nc1ccc2c(c1)OCO2. The third kappa shape index (κ3) is 2.95. The zero-order chi connectivity index (χ0) is 18.6. The molecule has 0 unspecified atom stereocenters. The van der Waals surface area contributed by atoms with Crippen LogP contribution in [-0.2, 0) is 14.3 Å². The standard InChI is InChI=1S/C21H25NO5/c1-12(19(23)22-16-2-3-17-18(7-16)26-11-25-17)27-20(24)21-8-13-4-14(9-21)6-15(5-13)10-21/h2-3,7,12-15H,4-6,8-11H2,1H3,(H,22,23)/t12-,13?,14?,15?,21?/m0/s1. The van der Waals surface area contributed by atoms with Gasteiger partial charge in [-0.05, 0) is 75.3 Å². The smallest absolute Gasteiger partial charge is 0.312 e. The Morgan fingerprint density at radius 1 is 1.07 bits per heavy atom. The van der Waals surface area contributed by atoms with Crippen LogP contribution < -0.4 is 14.8 Å². The van der Waals surface area contributed by atoms with E-state index in [4.69, 9.17) is 14.2 Å². The summed E-state index contributed by atoms with van der Waals surface area (Å²) in [6, 6.07) is 5.22. The monoisotopic (exact) mass is 371 g/mol. The third-order valence-electron chi connectivity index (χ3n) is 6.76. The summed E-state index contributed by atoms with van der Waals surface area (Å²) in [5, 5.41) is 2.80. The first kappa shape index (κ1) is 16.9. The van der Waals surface area contributed by atoms with Crippen LogP contribution in [0.5, 0.6) is 11.5 Å². The van der Waals surface area contributed by atoms with Gasteiger partial charge in [-0.15, -0.1) is 0 Å². The molecule has 144 valence electrons. The van der Waals surface area contributed by atoms with Crippen LogP contribution in [0.2, 0.25) is 0 Å². The first-order chi connectivity index (χ1) is 13.0. The Kier molecular flexibility index (Phi) is 3.85. The molecule has 27 heavy (non-hydrogen) atoms. The van der Waals surface area contributed by atoms with Gasteiger partial charge in [0.2, 0.25) is 6.79 Å². The zero-order valence-electron chi connectivity index (χ0n) is 15.5. The van der Waals surface area contributed by atoms with Gasteiger partial charge in [-0.3, -0.25) is 9.59 Å². The van der Waals surface area contributed by atoms with Gasteiger partial charge in [-0.25, -0.2) is 0 Å². The molecule has 4 aliphatic carbocycles. The Bertz CT molecular complexity index is 753. The van der Waals surface area contributed by atoms with Crippen LogP contribution in [-0.4, -0.2) is 24.8 Å². The van der Waals surface area contributed by atoms with Crippen LogP contribution in [0.1, 0.15) is 45.4 Å². The molecule has 0 radical (unpaired) electrons. The minimum atomic E-state index is -0.823. The molecule has 6 heteroatoms. The van der Waals surface area contributed by atoms with E-state index in [-0.39, 0.29) is 24.1 Å². The molecule has 1 aliphatic heterocycles. The van der Waals surface area contributed by atoms with Gasteiger partial charge in [0, 0.05) is 11.8 Å². The van der Waals surface area contributed by atoms with Crippen molar-refractivity contribution >= 4 is 17.6 Å². The summed E-state index contributed by atoms with van der Waals surface area (Å²) in [4.78, 5) is 25.5. The Balaban J connectivity index is 1.23. The fraction of sp³-hybridized carbons (Fsp3) is 0.619. The summed E-state index contributed by atoms with van der Waals surface area (Å²) in [7, 11) is 0. The first-order valence-corrected chi connectivity index (χ1v) is 9.92. The molecule has 4 bridgehead atoms. The Morgan fingerprint density at radius 3 is 2.37 bits per heavy atom. The van der Waals surface area contributed by atoms with Crippen molar-refractivity contribution < 1.29 is 23.8 Å². The normalized spacial score (nSPS) is 33.6. The van der Waals surface area contributed by atoms with Crippen molar-refractivity contribution in [3.05, 3.63) is 18.2 Å². The fourth-order valence-electron chi connectivity index (χ4n) is 5.92. The molecule has 5 aliphatic rings. The van der Waals surface area contributed by atoms with Crippen LogP contribution in [0, 0.1) is 23.2 Å². The molecule has 1 N–H and O–H groups in total. The van der Waals surface area contributed by atoms with Gasteiger partial charge in [0.15, 0.2) is 17.6 Å². The molecular formula is C21H25NO5. The van der Waals surface area contributed by atoms with Crippen molar-refractivity contribution in [3.8, 4) is 11.5 Å². The molecule has 1 aromatic carbocycles. The molecule has 0 aromatic heterocycles. The number of hydrogen-bond acceptors (Lipinski definition) is 5. The lowest BCUT2D eigenvalue weighted by Gasteiger charge is -2.55. The van der Waals surface area contributed by atoms with Gasteiger partial charge in [0.25, 0.3) is 5.91 Å². The largest absolute Gasteiger partial charge is 0.454 e. The number of amides is 1. The summed E-state index contributed by atoms with van der Waals surface area (Å²) in [6.07, 6.45) is 5.80. The number of nitrogens with one attached hydrogen (secondary N) is 1. The molecule has 1 heterocycles. The predicted molar refractivity (Wildman–Crippen MR) is 97.4 cm³/mol. The lowest BCUT2D eigenvalue weighted by molar-refractivity contribution is -0.177. The van der Waals surface area contributed by atoms with Gasteiger partial charge in [0.05, 0.1) is 5.41 Å². The number of rotatable bonds is 4. The van der Waals surface area contributed by atoms with Gasteiger partial charge < -0.3 is 19.5 Å². The van der Waals surface area contributed by atoms with Crippen molar-refractivity contribution in [3.63, 3.8) is 0 Å². The summed E-state index contributed by atoms with van der Waals surface area (Å²) in [6.45, 7) is 1.83. The first-order valence-electron chi connectivity index (χ1n) is 9.92. The zero-order valence-corrected chi connectivity index (χ0v) is 15.5. The number of carbonyl (C=O) groups excluding carboxylic acids is 2. The topological polar surface area (TPSA) is 73.9 Å². The highest BCUT2D eigenvalue weighted by Gasteiger charge is 2.55. The molecule has 6 rings (SSSR count). The van der Waals surface area contributed by atoms with Crippen LogP contribution in [0.3, 0.4) is 0 Å². The number of ether oxygens (including phenoxy) is 3. The van der Waals surface area contributed by atoms with Crippen LogP contribution in [0.15, 0.2) is 18.2 Å². The number of fused-ring (bicyclic) bond motifs is 1. The highest BCUT2D eigenvalue weighted by atomic mass is 16.7. The minimum absolute atomic E-state index is 0.171. The number of hydrogen-bond donors (Lipinski definition) is 1. The fourth-order valence-corrected chi connectivity index (χ4v) is 5.92. The third-order valence-corrected chi connectivity index (χ3v) is 6.76. The maximum absolute atomic E-state index is 13.0. The van der Waals surface area contributed by atoms with Crippen LogP contribution in [0.25, 0.3) is 0 Å². The Hall–Kier alpha value is -2.24. The quantitative estimate of drug-likeness (QED) is 0.820. The lowest BCUT2D eigenvalue weighted by atomic mass is 9.49. The van der Waals surface area contributed by atoms with Crippen LogP contribution in [0.4, 0.5) is 5.69 Å². The van der Waals surface area contributed by atoms with Crippen molar-refractivity contribution in [1.82, 2.24) is 0 Å². The summed E-state index contributed by atoms with van der Waals surface area (Å²) >= 11 is 0. The van der Waals surface area contributed by atoms with Crippen LogP contribution >= 0.6 is 0 Å². The average Bonchev–Trinajstić information content (AvgIpc) is 3.08. The van der Waals surface area contributed by atoms with Crippen molar-refractivity contribution in [2.24, 2.45) is 23.2 Å². The van der Waals surface area contributed by atoms with E-state index in [1.165, 1.54) is 19.3 Å². The Labute approximate surface area is 158 Å². The van der Waals surface area contributed by atoms with Gasteiger partial charge >= 0.3 is 5.97 Å². The second-order valence-corrected chi connectivity index (χ2v) is 8.80. The second kappa shape index (κ2) is 6.14. The van der Waals surface area contributed by atoms with Gasteiger partial charge in [-0.1, -0.05) is 0 Å². The number of carbonyl (C=O) groups is 2. The summed E-state index contributed by atoms with van der Waals surface area (Å²) in [5.74, 6) is 2.77. The molecule has 0 spiro atoms. The van der Waals surface area contributed by atoms with E-state index in [1.807, 2.05) is 0 Å². The number of esters is 1. The maximum atomic E-state index is 13.0. The molecule has 4 saturated carbocycles. The molecule has 1 amide bonds. The molecule has 1 atom stereocenters. The Morgan fingerprint density at radius 2 is 1.70 bits per heavy atom. The van der Waals surface area contributed by atoms with E-state index >= 15 is 0 Å². The number of anilines is 1. The summed E-state index contributed by atoms with van der Waals surface area (Å²) in [5.41, 5.74) is 0.254. The van der Waals surface area contributed by atoms with E-state index in [1.54, 1.807) is 25.1 Å². The van der Waals surface area contributed by atoms with E-state index in [0.717, 1.165) is 19.3 Å². The minimum Gasteiger partial charge on any atom is -0.454 e.